The number of nitrogens with zero attached hydrogens (tertiary/aromatic N) is 3. The lowest BCUT2D eigenvalue weighted by Crippen LogP contribution is -2.15. The van der Waals surface area contributed by atoms with E-state index in [9.17, 15) is 0 Å². The van der Waals surface area contributed by atoms with Crippen LogP contribution in [0.3, 0.4) is 0 Å². The van der Waals surface area contributed by atoms with Gasteiger partial charge in [0, 0.05) is 19.8 Å². The molecule has 0 atom stereocenters. The summed E-state index contributed by atoms with van der Waals surface area (Å²) >= 11 is 0. The van der Waals surface area contributed by atoms with Gasteiger partial charge in [-0.05, 0) is 31.0 Å². The van der Waals surface area contributed by atoms with Crippen molar-refractivity contribution in [3.63, 3.8) is 0 Å². The first kappa shape index (κ1) is 12.5. The molecule has 0 aliphatic rings. The number of hydrogen-bond donors (Lipinski definition) is 1. The average Bonchev–Trinajstić information content (AvgIpc) is 2.63. The van der Waals surface area contributed by atoms with E-state index in [0.29, 0.717) is 0 Å². The maximum absolute atomic E-state index is 6.07. The van der Waals surface area contributed by atoms with Crippen LogP contribution in [0.4, 0.5) is 17.2 Å². The normalized spacial score (nSPS) is 10.7. The predicted molar refractivity (Wildman–Crippen MR) is 76.2 cm³/mol. The molecular weight excluding hydrogens is 224 g/mol. The minimum absolute atomic E-state index is 0.736. The molecule has 18 heavy (non-hydrogen) atoms. The predicted octanol–water partition coefficient (Wildman–Crippen LogP) is 2.64. The highest BCUT2D eigenvalue weighted by atomic mass is 15.4. The molecule has 4 heteroatoms. The summed E-state index contributed by atoms with van der Waals surface area (Å²) in [4.78, 5) is 2.06. The van der Waals surface area contributed by atoms with E-state index in [2.05, 4.69) is 41.2 Å². The molecule has 0 saturated carbocycles. The lowest BCUT2D eigenvalue weighted by molar-refractivity contribution is 0.751. The number of nitrogens with two attached hydrogens (primary N) is 1. The summed E-state index contributed by atoms with van der Waals surface area (Å²) in [6.45, 7) is 4.08. The van der Waals surface area contributed by atoms with Gasteiger partial charge in [-0.3, -0.25) is 4.68 Å². The molecule has 1 heterocycles. The molecule has 0 amide bonds. The minimum atomic E-state index is 0.736. The number of rotatable bonds is 3. The highest BCUT2D eigenvalue weighted by Gasteiger charge is 2.15. The molecule has 0 saturated heterocycles. The molecule has 0 fully saturated rings. The van der Waals surface area contributed by atoms with E-state index in [1.54, 1.807) is 0 Å². The van der Waals surface area contributed by atoms with Gasteiger partial charge in [-0.1, -0.05) is 19.1 Å². The SMILES string of the molecule is CCc1ccc(N(C)c2c(N)c(C)nn2C)cc1. The molecule has 0 spiro atoms. The zero-order chi connectivity index (χ0) is 13.3. The van der Waals surface area contributed by atoms with Crippen LogP contribution in [0.25, 0.3) is 0 Å². The third-order valence-corrected chi connectivity index (χ3v) is 3.29. The van der Waals surface area contributed by atoms with E-state index in [1.165, 1.54) is 5.56 Å². The van der Waals surface area contributed by atoms with Crippen molar-refractivity contribution < 1.29 is 0 Å². The fraction of sp³-hybridized carbons (Fsp3) is 0.357. The molecule has 0 unspecified atom stereocenters. The van der Waals surface area contributed by atoms with Gasteiger partial charge in [0.1, 0.15) is 0 Å². The van der Waals surface area contributed by atoms with Gasteiger partial charge in [-0.25, -0.2) is 0 Å². The fourth-order valence-corrected chi connectivity index (χ4v) is 2.14. The molecule has 0 aliphatic carbocycles. The molecule has 0 bridgehead atoms. The highest BCUT2D eigenvalue weighted by molar-refractivity contribution is 5.72. The Morgan fingerprint density at radius 3 is 2.33 bits per heavy atom. The molecule has 1 aromatic heterocycles. The highest BCUT2D eigenvalue weighted by Crippen LogP contribution is 2.30. The van der Waals surface area contributed by atoms with Crippen molar-refractivity contribution in [1.82, 2.24) is 9.78 Å². The maximum atomic E-state index is 6.07. The molecule has 0 aliphatic heterocycles. The van der Waals surface area contributed by atoms with Gasteiger partial charge in [0.25, 0.3) is 0 Å². The van der Waals surface area contributed by atoms with Crippen molar-refractivity contribution in [2.75, 3.05) is 17.7 Å². The van der Waals surface area contributed by atoms with Crippen LogP contribution >= 0.6 is 0 Å². The van der Waals surface area contributed by atoms with Crippen LogP contribution in [0.1, 0.15) is 18.2 Å². The zero-order valence-electron chi connectivity index (χ0n) is 11.4. The van der Waals surface area contributed by atoms with Crippen LogP contribution in [0.15, 0.2) is 24.3 Å². The summed E-state index contributed by atoms with van der Waals surface area (Å²) in [6.07, 6.45) is 1.05. The van der Waals surface area contributed by atoms with Crippen molar-refractivity contribution in [3.8, 4) is 0 Å². The van der Waals surface area contributed by atoms with Gasteiger partial charge in [0.2, 0.25) is 0 Å². The molecule has 1 aromatic carbocycles. The summed E-state index contributed by atoms with van der Waals surface area (Å²) in [5.41, 5.74) is 10.1. The third kappa shape index (κ3) is 2.06. The Labute approximate surface area is 108 Å². The van der Waals surface area contributed by atoms with E-state index < -0.39 is 0 Å². The lowest BCUT2D eigenvalue weighted by atomic mass is 10.1. The van der Waals surface area contributed by atoms with Crippen molar-refractivity contribution in [2.45, 2.75) is 20.3 Å². The van der Waals surface area contributed by atoms with Gasteiger partial charge < -0.3 is 10.6 Å². The summed E-state index contributed by atoms with van der Waals surface area (Å²) in [5.74, 6) is 0.928. The number of benzene rings is 1. The van der Waals surface area contributed by atoms with Gasteiger partial charge in [0.05, 0.1) is 11.4 Å². The molecule has 96 valence electrons. The van der Waals surface area contributed by atoms with E-state index in [0.717, 1.165) is 29.3 Å². The van der Waals surface area contributed by atoms with Crippen LogP contribution in [0.5, 0.6) is 0 Å². The molecule has 0 radical (unpaired) electrons. The van der Waals surface area contributed by atoms with Crippen LogP contribution in [-0.2, 0) is 13.5 Å². The number of anilines is 3. The summed E-state index contributed by atoms with van der Waals surface area (Å²) in [7, 11) is 3.92. The maximum Gasteiger partial charge on any atom is 0.154 e. The molecule has 2 rings (SSSR count). The van der Waals surface area contributed by atoms with E-state index in [-0.39, 0.29) is 0 Å². The first-order valence-corrected chi connectivity index (χ1v) is 6.16. The van der Waals surface area contributed by atoms with Crippen LogP contribution in [0, 0.1) is 6.92 Å². The van der Waals surface area contributed by atoms with Crippen LogP contribution in [0.2, 0.25) is 0 Å². The Morgan fingerprint density at radius 1 is 1.28 bits per heavy atom. The van der Waals surface area contributed by atoms with Gasteiger partial charge in [-0.15, -0.1) is 0 Å². The quantitative estimate of drug-likeness (QED) is 0.903. The third-order valence-electron chi connectivity index (χ3n) is 3.29. The number of nitrogen functional groups attached to an aromatic ring is 1. The Hall–Kier alpha value is -1.97. The summed E-state index contributed by atoms with van der Waals surface area (Å²) in [6, 6.07) is 8.51. The topological polar surface area (TPSA) is 47.1 Å². The van der Waals surface area contributed by atoms with E-state index in [4.69, 9.17) is 5.73 Å². The standard InChI is InChI=1S/C14H20N4/c1-5-11-6-8-12(9-7-11)17(3)14-13(15)10(2)16-18(14)4/h6-9H,5,15H2,1-4H3. The largest absolute Gasteiger partial charge is 0.394 e. The first-order chi connectivity index (χ1) is 8.54. The molecule has 2 N–H and O–H groups in total. The smallest absolute Gasteiger partial charge is 0.154 e. The second-order valence-corrected chi connectivity index (χ2v) is 4.53. The Kier molecular flexibility index (Phi) is 3.28. The average molecular weight is 244 g/mol. The van der Waals surface area contributed by atoms with Crippen molar-refractivity contribution in [3.05, 3.63) is 35.5 Å². The Morgan fingerprint density at radius 2 is 1.89 bits per heavy atom. The van der Waals surface area contributed by atoms with E-state index in [1.807, 2.05) is 25.7 Å². The number of aryl methyl sites for hydroxylation is 3. The number of aromatic nitrogens is 2. The Bertz CT molecular complexity index is 540. The van der Waals surface area contributed by atoms with E-state index >= 15 is 0 Å². The first-order valence-electron chi connectivity index (χ1n) is 6.16. The van der Waals surface area contributed by atoms with Gasteiger partial charge in [-0.2, -0.15) is 5.10 Å². The molecule has 4 nitrogen and oxygen atoms in total. The summed E-state index contributed by atoms with van der Waals surface area (Å²) in [5, 5.41) is 4.34. The van der Waals surface area contributed by atoms with Gasteiger partial charge >= 0.3 is 0 Å². The molecular formula is C14H20N4. The van der Waals surface area contributed by atoms with Gasteiger partial charge in [0.15, 0.2) is 5.82 Å². The lowest BCUT2D eigenvalue weighted by Gasteiger charge is -2.20. The van der Waals surface area contributed by atoms with Crippen molar-refractivity contribution in [2.24, 2.45) is 7.05 Å². The van der Waals surface area contributed by atoms with Crippen molar-refractivity contribution in [1.29, 1.82) is 0 Å². The second kappa shape index (κ2) is 4.72. The molecule has 2 aromatic rings. The monoisotopic (exact) mass is 244 g/mol. The second-order valence-electron chi connectivity index (χ2n) is 4.53. The number of hydrogen-bond acceptors (Lipinski definition) is 3. The zero-order valence-corrected chi connectivity index (χ0v) is 11.4. The summed E-state index contributed by atoms with van der Waals surface area (Å²) < 4.78 is 1.82. The van der Waals surface area contributed by atoms with Crippen molar-refractivity contribution >= 4 is 17.2 Å². The fourth-order valence-electron chi connectivity index (χ4n) is 2.14. The van der Waals surface area contributed by atoms with Crippen LogP contribution < -0.4 is 10.6 Å². The Balaban J connectivity index is 2.37. The van der Waals surface area contributed by atoms with Crippen LogP contribution in [-0.4, -0.2) is 16.8 Å². The minimum Gasteiger partial charge on any atom is -0.394 e.